The van der Waals surface area contributed by atoms with Crippen molar-refractivity contribution >= 4 is 27.9 Å². The van der Waals surface area contributed by atoms with Gasteiger partial charge in [0.2, 0.25) is 0 Å². The summed E-state index contributed by atoms with van der Waals surface area (Å²) in [6, 6.07) is 15.9. The Labute approximate surface area is 194 Å². The lowest BCUT2D eigenvalue weighted by Crippen LogP contribution is -2.27. The molecule has 0 fully saturated rings. The van der Waals surface area contributed by atoms with Crippen molar-refractivity contribution in [2.75, 3.05) is 13.7 Å². The number of carbonyl (C=O) groups is 1. The molecule has 6 heteroatoms. The molecule has 0 spiro atoms. The first kappa shape index (κ1) is 22.8. The molecule has 4 aromatic rings. The molecule has 33 heavy (non-hydrogen) atoms. The van der Waals surface area contributed by atoms with Gasteiger partial charge in [-0.1, -0.05) is 37.3 Å². The zero-order valence-electron chi connectivity index (χ0n) is 19.8. The van der Waals surface area contributed by atoms with Crippen LogP contribution in [-0.2, 0) is 16.1 Å². The van der Waals surface area contributed by atoms with Crippen LogP contribution in [-0.4, -0.2) is 35.0 Å². The molecule has 2 aromatic heterocycles. The van der Waals surface area contributed by atoms with Gasteiger partial charge < -0.3 is 14.2 Å². The van der Waals surface area contributed by atoms with Gasteiger partial charge in [-0.25, -0.2) is 9.36 Å². The van der Waals surface area contributed by atoms with Crippen molar-refractivity contribution in [3.05, 3.63) is 72.1 Å². The number of benzene rings is 2. The number of carbonyl (C=O) groups excluding carboxylic acids is 1. The van der Waals surface area contributed by atoms with E-state index in [0.29, 0.717) is 13.2 Å². The van der Waals surface area contributed by atoms with Gasteiger partial charge in [-0.15, -0.1) is 0 Å². The summed E-state index contributed by atoms with van der Waals surface area (Å²) in [6.07, 6.45) is 3.04. The third-order valence-electron chi connectivity index (χ3n) is 5.46. The van der Waals surface area contributed by atoms with Crippen molar-refractivity contribution in [1.82, 2.24) is 9.55 Å². The van der Waals surface area contributed by atoms with E-state index < -0.39 is 11.7 Å². The van der Waals surface area contributed by atoms with Crippen LogP contribution in [0.3, 0.4) is 0 Å². The fourth-order valence-corrected chi connectivity index (χ4v) is 4.00. The molecule has 1 unspecified atom stereocenters. The second-order valence-corrected chi connectivity index (χ2v) is 9.25. The van der Waals surface area contributed by atoms with Gasteiger partial charge in [-0.2, -0.15) is 0 Å². The van der Waals surface area contributed by atoms with Crippen molar-refractivity contribution in [2.24, 2.45) is 0 Å². The van der Waals surface area contributed by atoms with Crippen LogP contribution in [0.1, 0.15) is 44.7 Å². The average Bonchev–Trinajstić information content (AvgIpc) is 3.10. The normalized spacial score (nSPS) is 12.8. The Morgan fingerprint density at radius 1 is 1.06 bits per heavy atom. The minimum Gasteiger partial charge on any atom is -0.489 e. The molecule has 1 atom stereocenters. The van der Waals surface area contributed by atoms with Gasteiger partial charge >= 0.3 is 6.09 Å². The molecule has 2 aromatic carbocycles. The number of hydrogen-bond acceptors (Lipinski definition) is 5. The van der Waals surface area contributed by atoms with Gasteiger partial charge in [0, 0.05) is 47.8 Å². The standard InChI is InChI=1S/C27H30N2O4/c1-18(16-31-5)20-13-21-22-15-28-12-11-23(22)29(26(30)33-27(2,3)4)24(21)14-25(20)32-17-19-9-7-6-8-10-19/h6-15,18H,16-17H2,1-5H3. The molecule has 4 rings (SSSR count). The predicted molar refractivity (Wildman–Crippen MR) is 130 cm³/mol. The monoisotopic (exact) mass is 446 g/mol. The lowest BCUT2D eigenvalue weighted by atomic mass is 9.98. The number of hydrogen-bond donors (Lipinski definition) is 0. The van der Waals surface area contributed by atoms with E-state index >= 15 is 0 Å². The highest BCUT2D eigenvalue weighted by atomic mass is 16.6. The van der Waals surface area contributed by atoms with Crippen LogP contribution in [0, 0.1) is 0 Å². The molecule has 0 amide bonds. The van der Waals surface area contributed by atoms with E-state index in [1.165, 1.54) is 0 Å². The number of nitrogens with zero attached hydrogens (tertiary/aromatic N) is 2. The summed E-state index contributed by atoms with van der Waals surface area (Å²) in [4.78, 5) is 17.5. The lowest BCUT2D eigenvalue weighted by Gasteiger charge is -2.21. The van der Waals surface area contributed by atoms with Crippen molar-refractivity contribution in [1.29, 1.82) is 0 Å². The highest BCUT2D eigenvalue weighted by Crippen LogP contribution is 2.37. The van der Waals surface area contributed by atoms with Gasteiger partial charge in [0.05, 0.1) is 17.6 Å². The maximum atomic E-state index is 13.2. The van der Waals surface area contributed by atoms with E-state index in [-0.39, 0.29) is 5.92 Å². The van der Waals surface area contributed by atoms with Crippen LogP contribution in [0.25, 0.3) is 21.8 Å². The molecule has 172 valence electrons. The lowest BCUT2D eigenvalue weighted by molar-refractivity contribution is 0.0551. The molecular formula is C27H30N2O4. The molecule has 0 N–H and O–H groups in total. The Bertz CT molecular complexity index is 1270. The van der Waals surface area contributed by atoms with Crippen LogP contribution in [0.5, 0.6) is 5.75 Å². The topological polar surface area (TPSA) is 62.6 Å². The van der Waals surface area contributed by atoms with E-state index in [4.69, 9.17) is 14.2 Å². The van der Waals surface area contributed by atoms with E-state index in [1.54, 1.807) is 24.1 Å². The van der Waals surface area contributed by atoms with Crippen LogP contribution in [0.15, 0.2) is 60.9 Å². The summed E-state index contributed by atoms with van der Waals surface area (Å²) in [5.74, 6) is 0.818. The zero-order valence-corrected chi connectivity index (χ0v) is 19.8. The van der Waals surface area contributed by atoms with Crippen LogP contribution >= 0.6 is 0 Å². The Balaban J connectivity index is 1.89. The molecule has 0 aliphatic rings. The first-order chi connectivity index (χ1) is 15.8. The largest absolute Gasteiger partial charge is 0.489 e. The predicted octanol–water partition coefficient (Wildman–Crippen LogP) is 6.30. The van der Waals surface area contributed by atoms with Crippen molar-refractivity contribution in [3.63, 3.8) is 0 Å². The molecule has 0 radical (unpaired) electrons. The number of rotatable bonds is 6. The fraction of sp³-hybridized carbons (Fsp3) is 0.333. The minimum absolute atomic E-state index is 0.0989. The number of pyridine rings is 1. The second kappa shape index (κ2) is 9.24. The number of ether oxygens (including phenoxy) is 3. The smallest absolute Gasteiger partial charge is 0.419 e. The van der Waals surface area contributed by atoms with Gasteiger partial charge in [0.25, 0.3) is 0 Å². The maximum Gasteiger partial charge on any atom is 0.419 e. The van der Waals surface area contributed by atoms with Crippen molar-refractivity contribution in [3.8, 4) is 5.75 Å². The number of fused-ring (bicyclic) bond motifs is 3. The van der Waals surface area contributed by atoms with E-state index in [9.17, 15) is 4.79 Å². The van der Waals surface area contributed by atoms with Gasteiger partial charge in [0.1, 0.15) is 18.0 Å². The summed E-state index contributed by atoms with van der Waals surface area (Å²) in [5.41, 5.74) is 2.95. The molecule has 0 bridgehead atoms. The van der Waals surface area contributed by atoms with E-state index in [1.807, 2.05) is 63.2 Å². The third kappa shape index (κ3) is 4.86. The first-order valence-corrected chi connectivity index (χ1v) is 11.1. The van der Waals surface area contributed by atoms with E-state index in [0.717, 1.165) is 38.7 Å². The second-order valence-electron chi connectivity index (χ2n) is 9.25. The van der Waals surface area contributed by atoms with Crippen molar-refractivity contribution in [2.45, 2.75) is 45.8 Å². The minimum atomic E-state index is -0.618. The van der Waals surface area contributed by atoms with Gasteiger partial charge in [0.15, 0.2) is 0 Å². The molecule has 0 saturated heterocycles. The summed E-state index contributed by atoms with van der Waals surface area (Å²) < 4.78 is 19.1. The highest BCUT2D eigenvalue weighted by molar-refractivity contribution is 6.12. The summed E-state index contributed by atoms with van der Waals surface area (Å²) >= 11 is 0. The van der Waals surface area contributed by atoms with E-state index in [2.05, 4.69) is 18.0 Å². The van der Waals surface area contributed by atoms with Crippen LogP contribution in [0.4, 0.5) is 4.79 Å². The Kier molecular flexibility index (Phi) is 6.38. The molecular weight excluding hydrogens is 416 g/mol. The Hall–Kier alpha value is -3.38. The van der Waals surface area contributed by atoms with Gasteiger partial charge in [-0.3, -0.25) is 4.98 Å². The summed E-state index contributed by atoms with van der Waals surface area (Å²) in [6.45, 7) is 8.66. The Morgan fingerprint density at radius 2 is 1.82 bits per heavy atom. The molecule has 2 heterocycles. The third-order valence-corrected chi connectivity index (χ3v) is 5.46. The van der Waals surface area contributed by atoms with Gasteiger partial charge in [-0.05, 0) is 38.5 Å². The van der Waals surface area contributed by atoms with Crippen LogP contribution in [0.2, 0.25) is 0 Å². The summed E-state index contributed by atoms with van der Waals surface area (Å²) in [7, 11) is 1.69. The SMILES string of the molecule is COCC(C)c1cc2c3cnccc3n(C(=O)OC(C)(C)C)c2cc1OCc1ccccc1. The number of aromatic nitrogens is 2. The molecule has 0 aliphatic heterocycles. The Morgan fingerprint density at radius 3 is 2.52 bits per heavy atom. The quantitative estimate of drug-likeness (QED) is 0.348. The molecule has 6 nitrogen and oxygen atoms in total. The summed E-state index contributed by atoms with van der Waals surface area (Å²) in [5, 5.41) is 1.81. The molecule has 0 saturated carbocycles. The molecule has 0 aliphatic carbocycles. The number of methoxy groups -OCH3 is 1. The zero-order chi connectivity index (χ0) is 23.6. The maximum absolute atomic E-state index is 13.2. The highest BCUT2D eigenvalue weighted by Gasteiger charge is 2.24. The first-order valence-electron chi connectivity index (χ1n) is 11.1. The average molecular weight is 447 g/mol. The van der Waals surface area contributed by atoms with Crippen molar-refractivity contribution < 1.29 is 19.0 Å². The fourth-order valence-electron chi connectivity index (χ4n) is 4.00. The van der Waals surface area contributed by atoms with Crippen LogP contribution < -0.4 is 4.74 Å².